The van der Waals surface area contributed by atoms with Gasteiger partial charge in [-0.25, -0.2) is 4.98 Å². The number of para-hydroxylation sites is 1. The molecule has 21 heavy (non-hydrogen) atoms. The molecule has 0 radical (unpaired) electrons. The number of aryl methyl sites for hydroxylation is 1. The highest BCUT2D eigenvalue weighted by atomic mass is 32.1. The van der Waals surface area contributed by atoms with E-state index in [4.69, 9.17) is 0 Å². The summed E-state index contributed by atoms with van der Waals surface area (Å²) in [5.74, 6) is 0.00950. The molecule has 1 aromatic heterocycles. The van der Waals surface area contributed by atoms with E-state index in [1.807, 2.05) is 44.3 Å². The SMILES string of the molecule is Cc1cnc(C(C)NC(=O)C2CCNc3ccccc32)s1. The molecule has 2 N–H and O–H groups in total. The van der Waals surface area contributed by atoms with Crippen molar-refractivity contribution in [2.45, 2.75) is 32.2 Å². The van der Waals surface area contributed by atoms with E-state index in [0.29, 0.717) is 0 Å². The van der Waals surface area contributed by atoms with Crippen molar-refractivity contribution in [1.29, 1.82) is 0 Å². The van der Waals surface area contributed by atoms with Gasteiger partial charge in [-0.15, -0.1) is 11.3 Å². The van der Waals surface area contributed by atoms with E-state index >= 15 is 0 Å². The molecule has 4 nitrogen and oxygen atoms in total. The first kappa shape index (κ1) is 14.1. The number of benzene rings is 1. The molecule has 1 aliphatic heterocycles. The lowest BCUT2D eigenvalue weighted by Crippen LogP contribution is -2.34. The molecule has 1 aliphatic rings. The first-order valence-electron chi connectivity index (χ1n) is 7.20. The van der Waals surface area contributed by atoms with Crippen LogP contribution in [0.4, 0.5) is 5.69 Å². The number of thiazole rings is 1. The van der Waals surface area contributed by atoms with Crippen LogP contribution < -0.4 is 10.6 Å². The Morgan fingerprint density at radius 2 is 2.29 bits per heavy atom. The standard InChI is InChI=1S/C16H19N3OS/c1-10-9-18-16(21-10)11(2)19-15(20)13-7-8-17-14-6-4-3-5-12(13)14/h3-6,9,11,13,17H,7-8H2,1-2H3,(H,19,20). The number of amides is 1. The Morgan fingerprint density at radius 3 is 3.05 bits per heavy atom. The summed E-state index contributed by atoms with van der Waals surface area (Å²) in [4.78, 5) is 18.1. The molecule has 0 aliphatic carbocycles. The van der Waals surface area contributed by atoms with Crippen molar-refractivity contribution < 1.29 is 4.79 Å². The average Bonchev–Trinajstić information content (AvgIpc) is 2.93. The van der Waals surface area contributed by atoms with E-state index in [0.717, 1.165) is 29.2 Å². The number of nitrogens with one attached hydrogen (secondary N) is 2. The molecule has 0 fully saturated rings. The van der Waals surface area contributed by atoms with Gasteiger partial charge >= 0.3 is 0 Å². The summed E-state index contributed by atoms with van der Waals surface area (Å²) in [7, 11) is 0. The second-order valence-corrected chi connectivity index (χ2v) is 6.66. The normalized spacial score (nSPS) is 18.5. The van der Waals surface area contributed by atoms with Crippen LogP contribution in [0.15, 0.2) is 30.5 Å². The van der Waals surface area contributed by atoms with Crippen LogP contribution in [-0.2, 0) is 4.79 Å². The van der Waals surface area contributed by atoms with Crippen molar-refractivity contribution in [2.24, 2.45) is 0 Å². The van der Waals surface area contributed by atoms with E-state index in [1.54, 1.807) is 11.3 Å². The maximum absolute atomic E-state index is 12.6. The Kier molecular flexibility index (Phi) is 3.92. The third-order valence-electron chi connectivity index (χ3n) is 3.77. The van der Waals surface area contributed by atoms with Gasteiger partial charge in [0.1, 0.15) is 5.01 Å². The summed E-state index contributed by atoms with van der Waals surface area (Å²) in [5.41, 5.74) is 2.16. The maximum Gasteiger partial charge on any atom is 0.228 e. The minimum atomic E-state index is -0.0778. The molecular formula is C16H19N3OS. The van der Waals surface area contributed by atoms with E-state index in [9.17, 15) is 4.79 Å². The molecule has 110 valence electrons. The predicted molar refractivity (Wildman–Crippen MR) is 85.7 cm³/mol. The number of anilines is 1. The number of hydrogen-bond acceptors (Lipinski definition) is 4. The molecule has 2 atom stereocenters. The highest BCUT2D eigenvalue weighted by Gasteiger charge is 2.27. The molecule has 2 heterocycles. The quantitative estimate of drug-likeness (QED) is 0.915. The van der Waals surface area contributed by atoms with Gasteiger partial charge < -0.3 is 10.6 Å². The lowest BCUT2D eigenvalue weighted by atomic mass is 9.90. The van der Waals surface area contributed by atoms with Crippen molar-refractivity contribution in [2.75, 3.05) is 11.9 Å². The topological polar surface area (TPSA) is 54.0 Å². The van der Waals surface area contributed by atoms with Gasteiger partial charge in [0, 0.05) is 23.3 Å². The molecule has 0 bridgehead atoms. The molecule has 2 aromatic rings. The number of hydrogen-bond donors (Lipinski definition) is 2. The monoisotopic (exact) mass is 301 g/mol. The Morgan fingerprint density at radius 1 is 1.48 bits per heavy atom. The lowest BCUT2D eigenvalue weighted by Gasteiger charge is -2.26. The summed E-state index contributed by atoms with van der Waals surface area (Å²) < 4.78 is 0. The number of rotatable bonds is 3. The van der Waals surface area contributed by atoms with Crippen molar-refractivity contribution in [1.82, 2.24) is 10.3 Å². The average molecular weight is 301 g/mol. The Bertz CT molecular complexity index is 652. The number of aromatic nitrogens is 1. The third kappa shape index (κ3) is 2.93. The molecule has 1 aromatic carbocycles. The van der Waals surface area contributed by atoms with Crippen LogP contribution in [0, 0.1) is 6.92 Å². The van der Waals surface area contributed by atoms with Gasteiger partial charge in [0.05, 0.1) is 12.0 Å². The summed E-state index contributed by atoms with van der Waals surface area (Å²) >= 11 is 1.63. The zero-order valence-corrected chi connectivity index (χ0v) is 13.0. The van der Waals surface area contributed by atoms with Crippen molar-refractivity contribution >= 4 is 22.9 Å². The second kappa shape index (κ2) is 5.85. The molecule has 2 unspecified atom stereocenters. The minimum absolute atomic E-state index is 0.0433. The van der Waals surface area contributed by atoms with E-state index in [-0.39, 0.29) is 17.9 Å². The van der Waals surface area contributed by atoms with Gasteiger partial charge in [0.2, 0.25) is 5.91 Å². The van der Waals surface area contributed by atoms with Gasteiger partial charge in [-0.2, -0.15) is 0 Å². The molecule has 0 saturated heterocycles. The second-order valence-electron chi connectivity index (χ2n) is 5.39. The molecular weight excluding hydrogens is 282 g/mol. The van der Waals surface area contributed by atoms with Gasteiger partial charge in [-0.1, -0.05) is 18.2 Å². The van der Waals surface area contributed by atoms with Gasteiger partial charge in [0.15, 0.2) is 0 Å². The predicted octanol–water partition coefficient (Wildman–Crippen LogP) is 3.23. The zero-order chi connectivity index (χ0) is 14.8. The van der Waals surface area contributed by atoms with Gasteiger partial charge in [-0.3, -0.25) is 4.79 Å². The van der Waals surface area contributed by atoms with Crippen LogP contribution in [0.5, 0.6) is 0 Å². The highest BCUT2D eigenvalue weighted by Crippen LogP contribution is 2.32. The fourth-order valence-electron chi connectivity index (χ4n) is 2.69. The summed E-state index contributed by atoms with van der Waals surface area (Å²) in [6, 6.07) is 8.00. The number of fused-ring (bicyclic) bond motifs is 1. The van der Waals surface area contributed by atoms with Crippen LogP contribution in [0.25, 0.3) is 0 Å². The molecule has 5 heteroatoms. The number of carbonyl (C=O) groups is 1. The fourth-order valence-corrected chi connectivity index (χ4v) is 3.47. The first-order chi connectivity index (χ1) is 10.1. The summed E-state index contributed by atoms with van der Waals surface area (Å²) in [6.45, 7) is 4.85. The maximum atomic E-state index is 12.6. The van der Waals surface area contributed by atoms with E-state index < -0.39 is 0 Å². The smallest absolute Gasteiger partial charge is 0.228 e. The largest absolute Gasteiger partial charge is 0.385 e. The van der Waals surface area contributed by atoms with Gasteiger partial charge in [-0.05, 0) is 31.9 Å². The molecule has 0 saturated carbocycles. The summed E-state index contributed by atoms with van der Waals surface area (Å²) in [6.07, 6.45) is 2.68. The summed E-state index contributed by atoms with van der Waals surface area (Å²) in [5, 5.41) is 7.41. The van der Waals surface area contributed by atoms with Gasteiger partial charge in [0.25, 0.3) is 0 Å². The molecule has 1 amide bonds. The van der Waals surface area contributed by atoms with Crippen LogP contribution >= 0.6 is 11.3 Å². The van der Waals surface area contributed by atoms with Crippen LogP contribution in [0.3, 0.4) is 0 Å². The molecule has 0 spiro atoms. The Labute approximate surface area is 128 Å². The number of nitrogens with zero attached hydrogens (tertiary/aromatic N) is 1. The lowest BCUT2D eigenvalue weighted by molar-refractivity contribution is -0.123. The molecule has 3 rings (SSSR count). The van der Waals surface area contributed by atoms with E-state index in [1.165, 1.54) is 4.88 Å². The van der Waals surface area contributed by atoms with Crippen molar-refractivity contribution in [3.8, 4) is 0 Å². The zero-order valence-electron chi connectivity index (χ0n) is 12.2. The van der Waals surface area contributed by atoms with Crippen LogP contribution in [0.2, 0.25) is 0 Å². The Hall–Kier alpha value is -1.88. The minimum Gasteiger partial charge on any atom is -0.385 e. The Balaban J connectivity index is 1.74. The van der Waals surface area contributed by atoms with Crippen LogP contribution in [-0.4, -0.2) is 17.4 Å². The van der Waals surface area contributed by atoms with Crippen LogP contribution in [0.1, 0.15) is 40.8 Å². The van der Waals surface area contributed by atoms with E-state index in [2.05, 4.69) is 15.6 Å². The fraction of sp³-hybridized carbons (Fsp3) is 0.375. The first-order valence-corrected chi connectivity index (χ1v) is 8.02. The third-order valence-corrected chi connectivity index (χ3v) is 4.86. The van der Waals surface area contributed by atoms with Crippen molar-refractivity contribution in [3.63, 3.8) is 0 Å². The number of carbonyl (C=O) groups excluding carboxylic acids is 1. The highest BCUT2D eigenvalue weighted by molar-refractivity contribution is 7.11. The van der Waals surface area contributed by atoms with Crippen molar-refractivity contribution in [3.05, 3.63) is 45.9 Å².